The van der Waals surface area contributed by atoms with Crippen LogP contribution in [0.15, 0.2) is 30.3 Å². The van der Waals surface area contributed by atoms with E-state index >= 15 is 0 Å². The van der Waals surface area contributed by atoms with Crippen LogP contribution in [0.25, 0.3) is 0 Å². The van der Waals surface area contributed by atoms with Gasteiger partial charge in [0.2, 0.25) is 0 Å². The van der Waals surface area contributed by atoms with E-state index in [-0.39, 0.29) is 0 Å². The van der Waals surface area contributed by atoms with Gasteiger partial charge in [-0.25, -0.2) is 0 Å². The summed E-state index contributed by atoms with van der Waals surface area (Å²) in [5.74, 6) is 0. The quantitative estimate of drug-likeness (QED) is 0.776. The molecule has 2 rings (SSSR count). The van der Waals surface area contributed by atoms with Gasteiger partial charge in [0.25, 0.3) is 0 Å². The second kappa shape index (κ2) is 8.40. The summed E-state index contributed by atoms with van der Waals surface area (Å²) >= 11 is 0. The zero-order chi connectivity index (χ0) is 14.2. The number of rotatable bonds is 7. The molecule has 1 aliphatic rings. The summed E-state index contributed by atoms with van der Waals surface area (Å²) in [5, 5.41) is 0. The Morgan fingerprint density at radius 1 is 1.05 bits per heavy atom. The van der Waals surface area contributed by atoms with E-state index in [2.05, 4.69) is 47.2 Å². The van der Waals surface area contributed by atoms with E-state index in [0.29, 0.717) is 6.04 Å². The minimum absolute atomic E-state index is 0.560. The van der Waals surface area contributed by atoms with Crippen molar-refractivity contribution >= 4 is 0 Å². The van der Waals surface area contributed by atoms with Crippen LogP contribution in [0.5, 0.6) is 0 Å². The fourth-order valence-corrected chi connectivity index (χ4v) is 3.03. The molecule has 20 heavy (non-hydrogen) atoms. The Bertz CT molecular complexity index is 366. The van der Waals surface area contributed by atoms with Crippen LogP contribution in [0, 0.1) is 0 Å². The van der Waals surface area contributed by atoms with Crippen LogP contribution in [-0.2, 0) is 0 Å². The number of unbranched alkanes of at least 4 members (excludes halogenated alkanes) is 3. The Hall–Kier alpha value is -0.900. The second-order valence-corrected chi connectivity index (χ2v) is 5.93. The van der Waals surface area contributed by atoms with Crippen molar-refractivity contribution < 1.29 is 0 Å². The molecule has 112 valence electrons. The van der Waals surface area contributed by atoms with Crippen molar-refractivity contribution in [2.24, 2.45) is 5.73 Å². The number of hydrogen-bond donors (Lipinski definition) is 1. The van der Waals surface area contributed by atoms with Crippen molar-refractivity contribution in [3.8, 4) is 0 Å². The van der Waals surface area contributed by atoms with Crippen molar-refractivity contribution in [1.82, 2.24) is 9.80 Å². The molecule has 1 saturated heterocycles. The molecule has 1 fully saturated rings. The first kappa shape index (κ1) is 15.5. The summed E-state index contributed by atoms with van der Waals surface area (Å²) in [4.78, 5) is 5.11. The first-order valence-electron chi connectivity index (χ1n) is 7.99. The number of likely N-dealkylation sites (N-methyl/N-ethyl adjacent to an activating group) is 1. The molecular weight excluding hydrogens is 246 g/mol. The van der Waals surface area contributed by atoms with Crippen molar-refractivity contribution in [3.63, 3.8) is 0 Å². The van der Waals surface area contributed by atoms with E-state index in [9.17, 15) is 0 Å². The maximum Gasteiger partial charge on any atom is 0.0475 e. The summed E-state index contributed by atoms with van der Waals surface area (Å²) in [7, 11) is 2.23. The van der Waals surface area contributed by atoms with Crippen molar-refractivity contribution in [2.45, 2.75) is 31.7 Å². The molecule has 1 unspecified atom stereocenters. The molecule has 0 radical (unpaired) electrons. The molecule has 1 heterocycles. The topological polar surface area (TPSA) is 32.5 Å². The Labute approximate surface area is 123 Å². The first-order chi connectivity index (χ1) is 9.81. The largest absolute Gasteiger partial charge is 0.330 e. The number of nitrogens with two attached hydrogens (primary N) is 1. The van der Waals surface area contributed by atoms with Gasteiger partial charge in [-0.1, -0.05) is 43.2 Å². The van der Waals surface area contributed by atoms with E-state index < -0.39 is 0 Å². The van der Waals surface area contributed by atoms with Crippen LogP contribution >= 0.6 is 0 Å². The maximum atomic E-state index is 5.55. The number of nitrogens with zero attached hydrogens (tertiary/aromatic N) is 2. The van der Waals surface area contributed by atoms with Crippen LogP contribution < -0.4 is 5.73 Å². The molecule has 0 spiro atoms. The standard InChI is InChI=1S/C17H29N3/c1-19-13-14-20(12-8-3-2-7-11-18)17(15-19)16-9-5-4-6-10-16/h4-6,9-10,17H,2-3,7-8,11-15,18H2,1H3. The minimum Gasteiger partial charge on any atom is -0.330 e. The molecule has 1 aliphatic heterocycles. The smallest absolute Gasteiger partial charge is 0.0475 e. The highest BCUT2D eigenvalue weighted by atomic mass is 15.3. The fourth-order valence-electron chi connectivity index (χ4n) is 3.03. The molecule has 0 amide bonds. The summed E-state index contributed by atoms with van der Waals surface area (Å²) < 4.78 is 0. The maximum absolute atomic E-state index is 5.55. The van der Waals surface area contributed by atoms with Gasteiger partial charge in [0.05, 0.1) is 0 Å². The van der Waals surface area contributed by atoms with Crippen LogP contribution in [0.3, 0.4) is 0 Å². The van der Waals surface area contributed by atoms with E-state index in [0.717, 1.165) is 13.1 Å². The number of hydrogen-bond acceptors (Lipinski definition) is 3. The molecule has 3 heteroatoms. The van der Waals surface area contributed by atoms with Crippen molar-refractivity contribution in [3.05, 3.63) is 35.9 Å². The van der Waals surface area contributed by atoms with Gasteiger partial charge in [0.15, 0.2) is 0 Å². The highest BCUT2D eigenvalue weighted by molar-refractivity contribution is 5.20. The van der Waals surface area contributed by atoms with Crippen LogP contribution in [-0.4, -0.2) is 49.6 Å². The summed E-state index contributed by atoms with van der Waals surface area (Å²) in [6.07, 6.45) is 5.06. The summed E-state index contributed by atoms with van der Waals surface area (Å²) in [6, 6.07) is 11.5. The molecule has 1 aromatic rings. The molecule has 3 nitrogen and oxygen atoms in total. The van der Waals surface area contributed by atoms with Gasteiger partial charge in [0.1, 0.15) is 0 Å². The Morgan fingerprint density at radius 2 is 1.80 bits per heavy atom. The summed E-state index contributed by atoms with van der Waals surface area (Å²) in [5.41, 5.74) is 7.01. The third-order valence-corrected chi connectivity index (χ3v) is 4.28. The van der Waals surface area contributed by atoms with Crippen molar-refractivity contribution in [1.29, 1.82) is 0 Å². The zero-order valence-electron chi connectivity index (χ0n) is 12.8. The molecule has 0 aliphatic carbocycles. The molecule has 0 aromatic heterocycles. The van der Waals surface area contributed by atoms with Gasteiger partial charge in [-0.3, -0.25) is 4.90 Å². The van der Waals surface area contributed by atoms with Crippen LogP contribution in [0.1, 0.15) is 37.3 Å². The average Bonchev–Trinajstić information content (AvgIpc) is 2.49. The molecule has 0 bridgehead atoms. The van der Waals surface area contributed by atoms with Gasteiger partial charge >= 0.3 is 0 Å². The lowest BCUT2D eigenvalue weighted by atomic mass is 10.0. The van der Waals surface area contributed by atoms with E-state index in [4.69, 9.17) is 5.73 Å². The number of piperazine rings is 1. The predicted octanol–water partition coefficient (Wildman–Crippen LogP) is 2.49. The van der Waals surface area contributed by atoms with E-state index in [1.54, 1.807) is 0 Å². The van der Waals surface area contributed by atoms with E-state index in [1.165, 1.54) is 50.9 Å². The van der Waals surface area contributed by atoms with Crippen LogP contribution in [0.4, 0.5) is 0 Å². The Kier molecular flexibility index (Phi) is 6.51. The Balaban J connectivity index is 1.88. The van der Waals surface area contributed by atoms with Crippen molar-refractivity contribution in [2.75, 3.05) is 39.8 Å². The average molecular weight is 275 g/mol. The third kappa shape index (κ3) is 4.58. The SMILES string of the molecule is CN1CCN(CCCCCCN)C(c2ccccc2)C1. The second-order valence-electron chi connectivity index (χ2n) is 5.93. The van der Waals surface area contributed by atoms with Gasteiger partial charge in [-0.15, -0.1) is 0 Å². The van der Waals surface area contributed by atoms with Crippen LogP contribution in [0.2, 0.25) is 0 Å². The van der Waals surface area contributed by atoms with Gasteiger partial charge in [-0.2, -0.15) is 0 Å². The minimum atomic E-state index is 0.560. The van der Waals surface area contributed by atoms with Gasteiger partial charge < -0.3 is 10.6 Å². The lowest BCUT2D eigenvalue weighted by molar-refractivity contribution is 0.0881. The monoisotopic (exact) mass is 275 g/mol. The molecule has 1 aromatic carbocycles. The lowest BCUT2D eigenvalue weighted by Crippen LogP contribution is -2.47. The highest BCUT2D eigenvalue weighted by Gasteiger charge is 2.25. The zero-order valence-corrected chi connectivity index (χ0v) is 12.8. The Morgan fingerprint density at radius 3 is 2.55 bits per heavy atom. The molecule has 1 atom stereocenters. The lowest BCUT2D eigenvalue weighted by Gasteiger charge is -2.40. The number of benzene rings is 1. The van der Waals surface area contributed by atoms with E-state index in [1.807, 2.05) is 0 Å². The first-order valence-corrected chi connectivity index (χ1v) is 7.99. The predicted molar refractivity (Wildman–Crippen MR) is 85.8 cm³/mol. The summed E-state index contributed by atoms with van der Waals surface area (Å²) in [6.45, 7) is 5.57. The molecule has 2 N–H and O–H groups in total. The van der Waals surface area contributed by atoms with Gasteiger partial charge in [0, 0.05) is 25.7 Å². The molecular formula is C17H29N3. The van der Waals surface area contributed by atoms with Gasteiger partial charge in [-0.05, 0) is 38.5 Å². The fraction of sp³-hybridized carbons (Fsp3) is 0.647. The highest BCUT2D eigenvalue weighted by Crippen LogP contribution is 2.25. The third-order valence-electron chi connectivity index (χ3n) is 4.28. The normalized spacial score (nSPS) is 21.2. The molecule has 0 saturated carbocycles.